The average Bonchev–Trinajstić information content (AvgIpc) is 2.52. The van der Waals surface area contributed by atoms with Crippen LogP contribution in [0.5, 0.6) is 0 Å². The van der Waals surface area contributed by atoms with Crippen LogP contribution in [0, 0.1) is 18.3 Å². The molecule has 0 aromatic rings. The van der Waals surface area contributed by atoms with E-state index in [0.717, 1.165) is 0 Å². The fourth-order valence-corrected chi connectivity index (χ4v) is 1.47. The molecular formula is C10H14O. The fourth-order valence-electron chi connectivity index (χ4n) is 1.47. The molecule has 60 valence electrons. The van der Waals surface area contributed by atoms with E-state index in [-0.39, 0.29) is 0 Å². The Morgan fingerprint density at radius 3 is 2.64 bits per heavy atom. The lowest BCUT2D eigenvalue weighted by atomic mass is 10.1. The van der Waals surface area contributed by atoms with E-state index in [1.165, 1.54) is 25.7 Å². The van der Waals surface area contributed by atoms with Gasteiger partial charge in [0, 0.05) is 0 Å². The predicted molar refractivity (Wildman–Crippen MR) is 45.9 cm³/mol. The van der Waals surface area contributed by atoms with Gasteiger partial charge >= 0.3 is 0 Å². The number of aliphatic hydroxyl groups excluding tert-OH is 1. The molecule has 0 bridgehead atoms. The van der Waals surface area contributed by atoms with Crippen LogP contribution in [0.4, 0.5) is 0 Å². The second-order valence-electron chi connectivity index (χ2n) is 3.04. The third-order valence-corrected chi connectivity index (χ3v) is 2.14. The third-order valence-electron chi connectivity index (χ3n) is 2.14. The van der Waals surface area contributed by atoms with Gasteiger partial charge in [-0.3, -0.25) is 0 Å². The highest BCUT2D eigenvalue weighted by molar-refractivity contribution is 5.07. The van der Waals surface area contributed by atoms with Crippen molar-refractivity contribution in [2.24, 2.45) is 5.92 Å². The highest BCUT2D eigenvalue weighted by atomic mass is 16.3. The van der Waals surface area contributed by atoms with Gasteiger partial charge in [0.1, 0.15) is 6.10 Å². The van der Waals surface area contributed by atoms with Gasteiger partial charge in [0.25, 0.3) is 0 Å². The fraction of sp³-hybridized carbons (Fsp3) is 0.600. The van der Waals surface area contributed by atoms with Crippen molar-refractivity contribution in [3.8, 4) is 12.3 Å². The molecule has 0 aliphatic heterocycles. The van der Waals surface area contributed by atoms with Crippen molar-refractivity contribution in [3.05, 3.63) is 12.2 Å². The van der Waals surface area contributed by atoms with Gasteiger partial charge in [-0.05, 0) is 24.8 Å². The Kier molecular flexibility index (Phi) is 3.19. The molecule has 0 spiro atoms. The molecule has 1 aliphatic carbocycles. The number of hydrogen-bond acceptors (Lipinski definition) is 1. The lowest BCUT2D eigenvalue weighted by Crippen LogP contribution is -1.97. The van der Waals surface area contributed by atoms with E-state index >= 15 is 0 Å². The minimum absolute atomic E-state index is 0.665. The number of rotatable bonds is 2. The van der Waals surface area contributed by atoms with Crippen LogP contribution < -0.4 is 0 Å². The van der Waals surface area contributed by atoms with E-state index in [0.29, 0.717) is 5.92 Å². The number of hydrogen-bond donors (Lipinski definition) is 1. The van der Waals surface area contributed by atoms with Gasteiger partial charge in [-0.25, -0.2) is 0 Å². The van der Waals surface area contributed by atoms with Crippen molar-refractivity contribution in [2.75, 3.05) is 0 Å². The summed E-state index contributed by atoms with van der Waals surface area (Å²) in [5, 5.41) is 9.00. The zero-order chi connectivity index (χ0) is 8.10. The smallest absolute Gasteiger partial charge is 0.133 e. The molecule has 0 saturated heterocycles. The summed E-state index contributed by atoms with van der Waals surface area (Å²) >= 11 is 0. The van der Waals surface area contributed by atoms with Gasteiger partial charge in [-0.2, -0.15) is 0 Å². The molecular weight excluding hydrogens is 136 g/mol. The maximum absolute atomic E-state index is 9.00. The quantitative estimate of drug-likeness (QED) is 0.469. The standard InChI is InChI=1S/C10H14O/c1-2-10(11)8-7-9-5-3-4-6-9/h1,7-11H,3-6H2. The summed E-state index contributed by atoms with van der Waals surface area (Å²) in [7, 11) is 0. The molecule has 1 N–H and O–H groups in total. The molecule has 1 rings (SSSR count). The maximum Gasteiger partial charge on any atom is 0.133 e. The Hall–Kier alpha value is -0.740. The molecule has 1 aliphatic rings. The number of terminal acetylenes is 1. The molecule has 1 unspecified atom stereocenters. The van der Waals surface area contributed by atoms with Gasteiger partial charge < -0.3 is 5.11 Å². The van der Waals surface area contributed by atoms with Crippen molar-refractivity contribution in [1.82, 2.24) is 0 Å². The Balaban J connectivity index is 2.29. The highest BCUT2D eigenvalue weighted by Crippen LogP contribution is 2.25. The highest BCUT2D eigenvalue weighted by Gasteiger charge is 2.11. The molecule has 0 radical (unpaired) electrons. The molecule has 1 nitrogen and oxygen atoms in total. The second-order valence-corrected chi connectivity index (χ2v) is 3.04. The molecule has 0 aromatic carbocycles. The monoisotopic (exact) mass is 150 g/mol. The topological polar surface area (TPSA) is 20.2 Å². The van der Waals surface area contributed by atoms with Gasteiger partial charge in [-0.1, -0.05) is 24.8 Å². The summed E-state index contributed by atoms with van der Waals surface area (Å²) in [5.41, 5.74) is 0. The van der Waals surface area contributed by atoms with E-state index in [2.05, 4.69) is 12.0 Å². The predicted octanol–water partition coefficient (Wildman–Crippen LogP) is 1.73. The van der Waals surface area contributed by atoms with Crippen LogP contribution in [0.2, 0.25) is 0 Å². The third kappa shape index (κ3) is 2.78. The first-order valence-corrected chi connectivity index (χ1v) is 4.15. The van der Waals surface area contributed by atoms with Crippen LogP contribution in [-0.2, 0) is 0 Å². The van der Waals surface area contributed by atoms with Crippen LogP contribution in [-0.4, -0.2) is 11.2 Å². The molecule has 0 heterocycles. The van der Waals surface area contributed by atoms with E-state index in [1.807, 2.05) is 0 Å². The van der Waals surface area contributed by atoms with Crippen LogP contribution >= 0.6 is 0 Å². The molecule has 1 atom stereocenters. The molecule has 0 aromatic heterocycles. The Morgan fingerprint density at radius 1 is 1.45 bits per heavy atom. The van der Waals surface area contributed by atoms with E-state index < -0.39 is 6.10 Å². The van der Waals surface area contributed by atoms with Crippen LogP contribution in [0.25, 0.3) is 0 Å². The van der Waals surface area contributed by atoms with Crippen molar-refractivity contribution in [2.45, 2.75) is 31.8 Å². The zero-order valence-electron chi connectivity index (χ0n) is 6.66. The molecule has 0 amide bonds. The van der Waals surface area contributed by atoms with Crippen molar-refractivity contribution in [1.29, 1.82) is 0 Å². The second kappa shape index (κ2) is 4.20. The van der Waals surface area contributed by atoms with Gasteiger partial charge in [-0.15, -0.1) is 6.42 Å². The summed E-state index contributed by atoms with van der Waals surface area (Å²) < 4.78 is 0. The summed E-state index contributed by atoms with van der Waals surface area (Å²) in [4.78, 5) is 0. The number of aliphatic hydroxyl groups is 1. The summed E-state index contributed by atoms with van der Waals surface area (Å²) in [5.74, 6) is 2.92. The van der Waals surface area contributed by atoms with Gasteiger partial charge in [0.15, 0.2) is 0 Å². The van der Waals surface area contributed by atoms with Gasteiger partial charge in [0.2, 0.25) is 0 Å². The summed E-state index contributed by atoms with van der Waals surface area (Å²) in [6, 6.07) is 0. The van der Waals surface area contributed by atoms with Crippen molar-refractivity contribution >= 4 is 0 Å². The molecule has 1 fully saturated rings. The lowest BCUT2D eigenvalue weighted by molar-refractivity contribution is 0.280. The Bertz CT molecular complexity index is 170. The SMILES string of the molecule is C#CC(O)C=CC1CCCC1. The first kappa shape index (κ1) is 8.36. The van der Waals surface area contributed by atoms with Gasteiger partial charge in [0.05, 0.1) is 0 Å². The number of allylic oxidation sites excluding steroid dienone is 1. The largest absolute Gasteiger partial charge is 0.377 e. The van der Waals surface area contributed by atoms with E-state index in [1.54, 1.807) is 6.08 Å². The van der Waals surface area contributed by atoms with E-state index in [4.69, 9.17) is 11.5 Å². The zero-order valence-corrected chi connectivity index (χ0v) is 6.66. The minimum Gasteiger partial charge on any atom is -0.377 e. The van der Waals surface area contributed by atoms with Crippen molar-refractivity contribution in [3.63, 3.8) is 0 Å². The molecule has 11 heavy (non-hydrogen) atoms. The Labute approximate surface area is 68.1 Å². The normalized spacial score (nSPS) is 22.2. The minimum atomic E-state index is -0.685. The van der Waals surface area contributed by atoms with Crippen LogP contribution in [0.3, 0.4) is 0 Å². The average molecular weight is 150 g/mol. The molecule has 1 heteroatoms. The van der Waals surface area contributed by atoms with E-state index in [9.17, 15) is 0 Å². The lowest BCUT2D eigenvalue weighted by Gasteiger charge is -2.00. The van der Waals surface area contributed by atoms with Crippen LogP contribution in [0.15, 0.2) is 12.2 Å². The van der Waals surface area contributed by atoms with Crippen LogP contribution in [0.1, 0.15) is 25.7 Å². The van der Waals surface area contributed by atoms with Crippen molar-refractivity contribution < 1.29 is 5.11 Å². The first-order valence-electron chi connectivity index (χ1n) is 4.15. The maximum atomic E-state index is 9.00. The molecule has 1 saturated carbocycles. The first-order chi connectivity index (χ1) is 5.33. The summed E-state index contributed by atoms with van der Waals surface area (Å²) in [6.07, 6.45) is 13.2. The summed E-state index contributed by atoms with van der Waals surface area (Å²) in [6.45, 7) is 0. The Morgan fingerprint density at radius 2 is 2.09 bits per heavy atom.